The standard InChI is InChI=1S/C36H36Cl2N4O5/c1-36(2)18-26-33(28(43)19-36)34(22-11-12-23(37)24(38)17-22)42(27-8-4-3-7-25(27)39-26)20-32(44)40-13-15-41(16-14-40)35(45)31-21-46-29-9-5-6-10-30(29)47-31/h3-12,17,31,34,39H,13-16,18-21H2,1-2H3. The molecular formula is C36H36Cl2N4O5. The predicted octanol–water partition coefficient (Wildman–Crippen LogP) is 6.12. The van der Waals surface area contributed by atoms with E-state index in [9.17, 15) is 14.4 Å². The topological polar surface area (TPSA) is 91.4 Å². The third kappa shape index (κ3) is 6.14. The number of allylic oxidation sites excluding steroid dienone is 1. The van der Waals surface area contributed by atoms with E-state index in [0.717, 1.165) is 22.6 Å². The number of anilines is 2. The maximum Gasteiger partial charge on any atom is 0.267 e. The van der Waals surface area contributed by atoms with Crippen LogP contribution in [0.15, 0.2) is 78.0 Å². The fourth-order valence-corrected chi connectivity index (χ4v) is 7.33. The first-order valence-electron chi connectivity index (χ1n) is 15.9. The quantitative estimate of drug-likeness (QED) is 0.357. The van der Waals surface area contributed by atoms with Gasteiger partial charge in [0.15, 0.2) is 17.3 Å². The highest BCUT2D eigenvalue weighted by Gasteiger charge is 2.43. The number of Topliss-reactive ketones (excluding diaryl/α,β-unsaturated/α-hetero) is 1. The van der Waals surface area contributed by atoms with E-state index in [2.05, 4.69) is 19.2 Å². The molecule has 4 aliphatic rings. The van der Waals surface area contributed by atoms with Crippen LogP contribution in [0.5, 0.6) is 11.5 Å². The van der Waals surface area contributed by atoms with Gasteiger partial charge in [0.05, 0.1) is 34.0 Å². The Morgan fingerprint density at radius 3 is 2.36 bits per heavy atom. The number of hydrogen-bond donors (Lipinski definition) is 1. The van der Waals surface area contributed by atoms with Gasteiger partial charge in [-0.1, -0.05) is 67.4 Å². The number of halogens is 2. The summed E-state index contributed by atoms with van der Waals surface area (Å²) in [6.07, 6.45) is 0.334. The molecule has 1 fully saturated rings. The van der Waals surface area contributed by atoms with Crippen molar-refractivity contribution in [3.05, 3.63) is 93.6 Å². The van der Waals surface area contributed by atoms with Crippen molar-refractivity contribution in [2.75, 3.05) is 49.5 Å². The maximum absolute atomic E-state index is 14.1. The van der Waals surface area contributed by atoms with Crippen LogP contribution >= 0.6 is 23.2 Å². The van der Waals surface area contributed by atoms with Crippen molar-refractivity contribution < 1.29 is 23.9 Å². The second kappa shape index (κ2) is 12.4. The van der Waals surface area contributed by atoms with Gasteiger partial charge in [0.1, 0.15) is 6.61 Å². The number of carbonyl (C=O) groups excluding carboxylic acids is 3. The first-order chi connectivity index (χ1) is 22.6. The molecule has 9 nitrogen and oxygen atoms in total. The normalized spacial score (nSPS) is 21.8. The molecule has 1 aliphatic carbocycles. The van der Waals surface area contributed by atoms with Gasteiger partial charge >= 0.3 is 0 Å². The van der Waals surface area contributed by atoms with Gasteiger partial charge in [-0.2, -0.15) is 0 Å². The Morgan fingerprint density at radius 1 is 0.894 bits per heavy atom. The molecular weight excluding hydrogens is 639 g/mol. The number of fused-ring (bicyclic) bond motifs is 2. The van der Waals surface area contributed by atoms with Gasteiger partial charge in [0, 0.05) is 43.9 Å². The number of para-hydroxylation sites is 4. The highest BCUT2D eigenvalue weighted by molar-refractivity contribution is 6.42. The van der Waals surface area contributed by atoms with Crippen LogP contribution in [0.1, 0.15) is 38.3 Å². The number of amides is 2. The third-order valence-electron chi connectivity index (χ3n) is 9.30. The molecule has 3 aromatic carbocycles. The summed E-state index contributed by atoms with van der Waals surface area (Å²) in [5.74, 6) is 0.951. The molecule has 11 heteroatoms. The minimum atomic E-state index is -0.735. The molecule has 0 spiro atoms. The zero-order valence-electron chi connectivity index (χ0n) is 26.3. The first kappa shape index (κ1) is 31.4. The molecule has 7 rings (SSSR count). The number of piperazine rings is 1. The average Bonchev–Trinajstić information content (AvgIpc) is 3.19. The van der Waals surface area contributed by atoms with Crippen molar-refractivity contribution in [2.24, 2.45) is 5.41 Å². The third-order valence-corrected chi connectivity index (χ3v) is 10.0. The summed E-state index contributed by atoms with van der Waals surface area (Å²) in [5, 5.41) is 4.37. The number of rotatable bonds is 4. The molecule has 0 radical (unpaired) electrons. The summed E-state index contributed by atoms with van der Waals surface area (Å²) >= 11 is 12.9. The fourth-order valence-electron chi connectivity index (χ4n) is 7.02. The van der Waals surface area contributed by atoms with Gasteiger partial charge in [-0.05, 0) is 53.8 Å². The van der Waals surface area contributed by atoms with Gasteiger partial charge in [0.2, 0.25) is 12.0 Å². The molecule has 2 unspecified atom stereocenters. The fraction of sp³-hybridized carbons (Fsp3) is 0.361. The lowest BCUT2D eigenvalue weighted by Gasteiger charge is -2.40. The van der Waals surface area contributed by atoms with Crippen molar-refractivity contribution in [3.8, 4) is 11.5 Å². The highest BCUT2D eigenvalue weighted by atomic mass is 35.5. The zero-order chi connectivity index (χ0) is 32.9. The number of hydrogen-bond acceptors (Lipinski definition) is 7. The Bertz CT molecular complexity index is 1780. The van der Waals surface area contributed by atoms with Crippen LogP contribution in [0, 0.1) is 5.41 Å². The van der Waals surface area contributed by atoms with Crippen LogP contribution in [-0.4, -0.2) is 72.8 Å². The molecule has 2 amide bonds. The van der Waals surface area contributed by atoms with E-state index in [4.69, 9.17) is 32.7 Å². The molecule has 3 aromatic rings. The van der Waals surface area contributed by atoms with E-state index < -0.39 is 12.1 Å². The van der Waals surface area contributed by atoms with Gasteiger partial charge < -0.3 is 29.5 Å². The highest BCUT2D eigenvalue weighted by Crippen LogP contribution is 2.48. The second-order valence-corrected chi connectivity index (χ2v) is 14.1. The Labute approximate surface area is 284 Å². The Kier molecular flexibility index (Phi) is 8.30. The van der Waals surface area contributed by atoms with Crippen LogP contribution < -0.4 is 19.7 Å². The summed E-state index contributed by atoms with van der Waals surface area (Å²) in [6, 6.07) is 19.9. The van der Waals surface area contributed by atoms with Crippen LogP contribution in [0.25, 0.3) is 0 Å². The maximum atomic E-state index is 14.1. The predicted molar refractivity (Wildman–Crippen MR) is 181 cm³/mol. The van der Waals surface area contributed by atoms with Crippen molar-refractivity contribution in [2.45, 2.75) is 38.8 Å². The minimum Gasteiger partial charge on any atom is -0.485 e. The van der Waals surface area contributed by atoms with Crippen molar-refractivity contribution >= 4 is 52.2 Å². The zero-order valence-corrected chi connectivity index (χ0v) is 27.8. The van der Waals surface area contributed by atoms with Crippen LogP contribution in [-0.2, 0) is 14.4 Å². The molecule has 0 bridgehead atoms. The Balaban J connectivity index is 1.14. The largest absolute Gasteiger partial charge is 0.485 e. The molecule has 0 saturated carbocycles. The van der Waals surface area contributed by atoms with Crippen LogP contribution in [0.2, 0.25) is 10.0 Å². The lowest BCUT2D eigenvalue weighted by molar-refractivity contribution is -0.145. The number of benzene rings is 3. The summed E-state index contributed by atoms with van der Waals surface area (Å²) in [5.41, 5.74) is 3.68. The van der Waals surface area contributed by atoms with E-state index >= 15 is 0 Å². The summed E-state index contributed by atoms with van der Waals surface area (Å²) in [7, 11) is 0. The number of nitrogens with zero attached hydrogens (tertiary/aromatic N) is 3. The Hall–Kier alpha value is -4.21. The number of carbonyl (C=O) groups is 3. The number of nitrogens with one attached hydrogen (secondary N) is 1. The molecule has 244 valence electrons. The van der Waals surface area contributed by atoms with Gasteiger partial charge in [-0.15, -0.1) is 0 Å². The molecule has 1 saturated heterocycles. The summed E-state index contributed by atoms with van der Waals surface area (Å²) in [4.78, 5) is 47.0. The molecule has 2 atom stereocenters. The van der Waals surface area contributed by atoms with Crippen molar-refractivity contribution in [3.63, 3.8) is 0 Å². The molecule has 1 N–H and O–H groups in total. The van der Waals surface area contributed by atoms with E-state index in [1.165, 1.54) is 0 Å². The van der Waals surface area contributed by atoms with E-state index in [1.807, 2.05) is 53.4 Å². The van der Waals surface area contributed by atoms with Gasteiger partial charge in [-0.25, -0.2) is 0 Å². The monoisotopic (exact) mass is 674 g/mol. The molecule has 47 heavy (non-hydrogen) atoms. The lowest BCUT2D eigenvalue weighted by Crippen LogP contribution is -2.56. The molecule has 0 aromatic heterocycles. The van der Waals surface area contributed by atoms with Crippen LogP contribution in [0.3, 0.4) is 0 Å². The Morgan fingerprint density at radius 2 is 1.60 bits per heavy atom. The van der Waals surface area contributed by atoms with E-state index in [-0.39, 0.29) is 36.2 Å². The summed E-state index contributed by atoms with van der Waals surface area (Å²) in [6.45, 7) is 5.86. The second-order valence-electron chi connectivity index (χ2n) is 13.2. The van der Waals surface area contributed by atoms with E-state index in [1.54, 1.807) is 28.0 Å². The van der Waals surface area contributed by atoms with Gasteiger partial charge in [0.25, 0.3) is 5.91 Å². The smallest absolute Gasteiger partial charge is 0.267 e. The van der Waals surface area contributed by atoms with Crippen molar-refractivity contribution in [1.82, 2.24) is 9.80 Å². The van der Waals surface area contributed by atoms with Crippen LogP contribution in [0.4, 0.5) is 11.4 Å². The van der Waals surface area contributed by atoms with Gasteiger partial charge in [-0.3, -0.25) is 14.4 Å². The number of ether oxygens (including phenoxy) is 2. The average molecular weight is 676 g/mol. The number of ketones is 1. The van der Waals surface area contributed by atoms with Crippen molar-refractivity contribution in [1.29, 1.82) is 0 Å². The SMILES string of the molecule is CC1(C)CC(=O)C2=C(C1)Nc1ccccc1N(CC(=O)N1CCN(C(=O)C3COc4ccccc4O3)CC1)C2c1ccc(Cl)c(Cl)c1. The van der Waals surface area contributed by atoms with E-state index in [0.29, 0.717) is 66.1 Å². The first-order valence-corrected chi connectivity index (χ1v) is 16.6. The lowest BCUT2D eigenvalue weighted by atomic mass is 9.73. The summed E-state index contributed by atoms with van der Waals surface area (Å²) < 4.78 is 11.7. The molecule has 3 aliphatic heterocycles. The molecule has 3 heterocycles. The minimum absolute atomic E-state index is 0.0152.